The predicted octanol–water partition coefficient (Wildman–Crippen LogP) is 4.37. The van der Waals surface area contributed by atoms with Crippen LogP contribution in [0.5, 0.6) is 0 Å². The van der Waals surface area contributed by atoms with E-state index in [2.05, 4.69) is 50.2 Å². The van der Waals surface area contributed by atoms with Gasteiger partial charge in [0.1, 0.15) is 0 Å². The van der Waals surface area contributed by atoms with E-state index in [1.54, 1.807) is 0 Å². The molecule has 0 N–H and O–H groups in total. The van der Waals surface area contributed by atoms with Gasteiger partial charge in [-0.2, -0.15) is 0 Å². The number of hydrogen-bond donors (Lipinski definition) is 0. The molecule has 0 spiro atoms. The van der Waals surface area contributed by atoms with Crippen LogP contribution in [0.3, 0.4) is 0 Å². The molecule has 3 rings (SSSR count). The smallest absolute Gasteiger partial charge is 0.0216 e. The first kappa shape index (κ1) is 10.6. The summed E-state index contributed by atoms with van der Waals surface area (Å²) in [5.74, 6) is 0. The van der Waals surface area contributed by atoms with Crippen molar-refractivity contribution in [3.63, 3.8) is 0 Å². The van der Waals surface area contributed by atoms with Crippen LogP contribution in [0.25, 0.3) is 11.1 Å². The molecule has 2 radical (unpaired) electrons. The lowest BCUT2D eigenvalue weighted by Crippen LogP contribution is -2.23. The second-order valence-electron chi connectivity index (χ2n) is 4.72. The Morgan fingerprint density at radius 1 is 1.06 bits per heavy atom. The Bertz CT molecular complexity index is 500. The lowest BCUT2D eigenvalue weighted by atomic mass is 9.74. The van der Waals surface area contributed by atoms with Gasteiger partial charge in [-0.25, -0.2) is 0 Å². The van der Waals surface area contributed by atoms with Crippen molar-refractivity contribution in [1.29, 1.82) is 0 Å². The van der Waals surface area contributed by atoms with E-state index >= 15 is 0 Å². The summed E-state index contributed by atoms with van der Waals surface area (Å²) in [4.78, 5) is 0. The number of rotatable bonds is 2. The Morgan fingerprint density at radius 3 is 2.65 bits per heavy atom. The molecule has 0 bridgehead atoms. The van der Waals surface area contributed by atoms with Gasteiger partial charge in [0.15, 0.2) is 0 Å². The minimum absolute atomic E-state index is 0.156. The van der Waals surface area contributed by atoms with E-state index in [0.717, 1.165) is 12.8 Å². The summed E-state index contributed by atoms with van der Waals surface area (Å²) in [5.41, 5.74) is 5.70. The number of hydrogen-bond acceptors (Lipinski definition) is 0. The summed E-state index contributed by atoms with van der Waals surface area (Å²) < 4.78 is 0. The first-order valence-electron chi connectivity index (χ1n) is 6.35. The molecule has 0 saturated heterocycles. The third-order valence-electron chi connectivity index (χ3n) is 4.21. The fraction of sp³-hybridized carbons (Fsp3) is 0.294. The van der Waals surface area contributed by atoms with E-state index in [1.807, 2.05) is 12.1 Å². The molecule has 1 aliphatic carbocycles. The summed E-state index contributed by atoms with van der Waals surface area (Å²) in [7, 11) is 0. The predicted molar refractivity (Wildman–Crippen MR) is 70.9 cm³/mol. The first-order valence-corrected chi connectivity index (χ1v) is 6.35. The Morgan fingerprint density at radius 2 is 1.88 bits per heavy atom. The van der Waals surface area contributed by atoms with Gasteiger partial charge < -0.3 is 0 Å². The van der Waals surface area contributed by atoms with Crippen LogP contribution in [0.2, 0.25) is 0 Å². The average molecular weight is 220 g/mol. The van der Waals surface area contributed by atoms with Crippen molar-refractivity contribution in [3.8, 4) is 11.1 Å². The molecule has 2 aromatic rings. The van der Waals surface area contributed by atoms with E-state index in [0.29, 0.717) is 0 Å². The minimum atomic E-state index is 0.156. The standard InChI is InChI=1S/C17H16/c1-3-17(4-2)15-11-7-5-9-13(15)14-10-6-8-12-16(14)17/h5-7,9-10,12H,3-4H2,1-2H3. The summed E-state index contributed by atoms with van der Waals surface area (Å²) in [6, 6.07) is 19.4. The fourth-order valence-electron chi connectivity index (χ4n) is 3.24. The molecular weight excluding hydrogens is 204 g/mol. The maximum Gasteiger partial charge on any atom is 0.0216 e. The molecule has 0 atom stereocenters. The third-order valence-corrected chi connectivity index (χ3v) is 4.21. The Kier molecular flexibility index (Phi) is 2.32. The lowest BCUT2D eigenvalue weighted by molar-refractivity contribution is 0.490. The largest absolute Gasteiger partial charge is 0.0642 e. The van der Waals surface area contributed by atoms with Crippen molar-refractivity contribution in [1.82, 2.24) is 0 Å². The van der Waals surface area contributed by atoms with Gasteiger partial charge in [0.2, 0.25) is 0 Å². The molecule has 0 heterocycles. The quantitative estimate of drug-likeness (QED) is 0.704. The van der Waals surface area contributed by atoms with Crippen molar-refractivity contribution >= 4 is 0 Å². The second-order valence-corrected chi connectivity index (χ2v) is 4.72. The van der Waals surface area contributed by atoms with E-state index < -0.39 is 0 Å². The normalized spacial score (nSPS) is 15.4. The zero-order chi connectivity index (χ0) is 11.9. The average Bonchev–Trinajstić information content (AvgIpc) is 2.70. The van der Waals surface area contributed by atoms with Crippen molar-refractivity contribution in [2.75, 3.05) is 0 Å². The zero-order valence-electron chi connectivity index (χ0n) is 10.4. The molecule has 1 aliphatic rings. The molecule has 0 aliphatic heterocycles. The second kappa shape index (κ2) is 3.73. The maximum atomic E-state index is 3.47. The monoisotopic (exact) mass is 220 g/mol. The van der Waals surface area contributed by atoms with Crippen LogP contribution < -0.4 is 0 Å². The topological polar surface area (TPSA) is 0 Å². The van der Waals surface area contributed by atoms with Crippen molar-refractivity contribution in [2.24, 2.45) is 0 Å². The Labute approximate surface area is 103 Å². The van der Waals surface area contributed by atoms with Crippen molar-refractivity contribution in [2.45, 2.75) is 32.1 Å². The molecule has 17 heavy (non-hydrogen) atoms. The molecule has 0 fully saturated rings. The summed E-state index contributed by atoms with van der Waals surface area (Å²) in [5, 5.41) is 0. The Balaban J connectivity index is 2.38. The fourth-order valence-corrected chi connectivity index (χ4v) is 3.24. The third kappa shape index (κ3) is 1.24. The van der Waals surface area contributed by atoms with Gasteiger partial charge in [0.05, 0.1) is 0 Å². The van der Waals surface area contributed by atoms with Crippen LogP contribution in [0.4, 0.5) is 0 Å². The lowest BCUT2D eigenvalue weighted by Gasteiger charge is -2.29. The molecular formula is C17H16. The van der Waals surface area contributed by atoms with Crippen molar-refractivity contribution in [3.05, 3.63) is 59.7 Å². The Hall–Kier alpha value is -1.56. The van der Waals surface area contributed by atoms with E-state index in [4.69, 9.17) is 0 Å². The highest BCUT2D eigenvalue weighted by Gasteiger charge is 2.39. The highest BCUT2D eigenvalue weighted by atomic mass is 14.4. The van der Waals surface area contributed by atoms with Crippen LogP contribution in [0.15, 0.2) is 36.4 Å². The van der Waals surface area contributed by atoms with Gasteiger partial charge in [-0.15, -0.1) is 0 Å². The molecule has 0 nitrogen and oxygen atoms in total. The minimum Gasteiger partial charge on any atom is -0.0642 e. The summed E-state index contributed by atoms with van der Waals surface area (Å²) in [6.07, 6.45) is 2.25. The van der Waals surface area contributed by atoms with Gasteiger partial charge in [0.25, 0.3) is 0 Å². The molecule has 0 aromatic heterocycles. The van der Waals surface area contributed by atoms with Crippen LogP contribution in [0.1, 0.15) is 37.8 Å². The number of benzene rings is 2. The summed E-state index contributed by atoms with van der Waals surface area (Å²) >= 11 is 0. The van der Waals surface area contributed by atoms with E-state index in [1.165, 1.54) is 22.3 Å². The molecule has 2 aromatic carbocycles. The molecule has 0 saturated carbocycles. The van der Waals surface area contributed by atoms with Crippen LogP contribution in [0, 0.1) is 12.1 Å². The highest BCUT2D eigenvalue weighted by molar-refractivity contribution is 5.80. The van der Waals surface area contributed by atoms with Gasteiger partial charge in [-0.3, -0.25) is 0 Å². The number of fused-ring (bicyclic) bond motifs is 3. The first-order chi connectivity index (χ1) is 8.33. The molecule has 0 heteroatoms. The molecule has 0 unspecified atom stereocenters. The van der Waals surface area contributed by atoms with Gasteiger partial charge >= 0.3 is 0 Å². The van der Waals surface area contributed by atoms with Gasteiger partial charge in [0, 0.05) is 5.41 Å². The molecule has 0 amide bonds. The summed E-state index contributed by atoms with van der Waals surface area (Å²) in [6.45, 7) is 4.55. The van der Waals surface area contributed by atoms with E-state index in [9.17, 15) is 0 Å². The van der Waals surface area contributed by atoms with Gasteiger partial charge in [-0.05, 0) is 53.3 Å². The maximum absolute atomic E-state index is 3.47. The van der Waals surface area contributed by atoms with Crippen LogP contribution in [-0.4, -0.2) is 0 Å². The highest BCUT2D eigenvalue weighted by Crippen LogP contribution is 2.51. The zero-order valence-corrected chi connectivity index (χ0v) is 10.4. The SMILES string of the molecule is CCC1(CC)c2[c]cccc2-c2cc[c]cc21. The van der Waals surface area contributed by atoms with Gasteiger partial charge in [-0.1, -0.05) is 44.2 Å². The van der Waals surface area contributed by atoms with Crippen LogP contribution in [-0.2, 0) is 5.41 Å². The van der Waals surface area contributed by atoms with Crippen LogP contribution >= 0.6 is 0 Å². The van der Waals surface area contributed by atoms with E-state index in [-0.39, 0.29) is 5.41 Å². The van der Waals surface area contributed by atoms with Crippen molar-refractivity contribution < 1.29 is 0 Å². The molecule has 84 valence electrons.